The maximum atomic E-state index is 5.10. The normalized spacial score (nSPS) is 12.6. The van der Waals surface area contributed by atoms with E-state index in [1.165, 1.54) is 52.2 Å². The van der Waals surface area contributed by atoms with Crippen molar-refractivity contribution in [3.8, 4) is 28.7 Å². The number of nitrogens with zero attached hydrogens (tertiary/aromatic N) is 4. The molecule has 1 aliphatic rings. The number of aromatic amines is 1. The van der Waals surface area contributed by atoms with E-state index in [1.54, 1.807) is 0 Å². The van der Waals surface area contributed by atoms with Crippen LogP contribution < -0.4 is 0 Å². The molecule has 1 N–H and O–H groups in total. The Hall–Kier alpha value is -5.37. The number of nitrogens with one attached hydrogen (secondary N) is 1. The van der Waals surface area contributed by atoms with Gasteiger partial charge in [0.2, 0.25) is 5.95 Å². The fraction of sp³-hybridized carbons (Fsp3) is 0. The first-order valence-corrected chi connectivity index (χ1v) is 16.8. The molecule has 7 heteroatoms. The number of fused-ring (bicyclic) bond motifs is 10. The number of rotatable bonds is 3. The van der Waals surface area contributed by atoms with Crippen LogP contribution >= 0.6 is 23.5 Å². The van der Waals surface area contributed by atoms with Crippen molar-refractivity contribution in [1.29, 1.82) is 0 Å². The molecule has 0 radical (unpaired) electrons. The topological polar surface area (TPSA) is 59.4 Å². The monoisotopic (exact) mass is 625 g/mol. The van der Waals surface area contributed by atoms with Crippen molar-refractivity contribution in [2.45, 2.75) is 19.6 Å². The highest BCUT2D eigenvalue weighted by atomic mass is 32.2. The second-order valence-electron chi connectivity index (χ2n) is 11.3. The second kappa shape index (κ2) is 10.1. The van der Waals surface area contributed by atoms with E-state index in [4.69, 9.17) is 15.0 Å². The van der Waals surface area contributed by atoms with Crippen LogP contribution in [0.3, 0.4) is 0 Å². The molecule has 6 aromatic carbocycles. The van der Waals surface area contributed by atoms with Crippen LogP contribution in [-0.2, 0) is 0 Å². The van der Waals surface area contributed by atoms with Gasteiger partial charge in [-0.1, -0.05) is 121 Å². The van der Waals surface area contributed by atoms with Crippen molar-refractivity contribution in [2.75, 3.05) is 0 Å². The largest absolute Gasteiger partial charge is 0.354 e. The number of benzene rings is 6. The van der Waals surface area contributed by atoms with E-state index in [0.29, 0.717) is 17.6 Å². The lowest BCUT2D eigenvalue weighted by Gasteiger charge is -2.20. The van der Waals surface area contributed by atoms with Crippen molar-refractivity contribution in [3.05, 3.63) is 133 Å². The second-order valence-corrected chi connectivity index (χ2v) is 13.4. The SMILES string of the molecule is c1ccc(-c2nc(-c3ccccc3)nc(-n3c4ccccc4c4c5c(ccc43)Sc3c(ccc4[nH]c6ccccc6c34)S5)n2)cc1. The fourth-order valence-corrected chi connectivity index (χ4v) is 9.17. The molecule has 3 aromatic heterocycles. The molecule has 0 fully saturated rings. The molecule has 5 nitrogen and oxygen atoms in total. The third-order valence-corrected chi connectivity index (χ3v) is 11.3. The Morgan fingerprint density at radius 2 is 1.04 bits per heavy atom. The van der Waals surface area contributed by atoms with Gasteiger partial charge in [-0.3, -0.25) is 4.57 Å². The van der Waals surface area contributed by atoms with E-state index in [2.05, 4.69) is 82.3 Å². The molecule has 0 atom stereocenters. The van der Waals surface area contributed by atoms with Gasteiger partial charge in [-0.2, -0.15) is 9.97 Å². The van der Waals surface area contributed by atoms with Crippen molar-refractivity contribution >= 4 is 67.1 Å². The molecular weight excluding hydrogens is 603 g/mol. The van der Waals surface area contributed by atoms with Gasteiger partial charge in [-0.25, -0.2) is 4.98 Å². The average Bonchev–Trinajstić information content (AvgIpc) is 3.68. The molecule has 216 valence electrons. The van der Waals surface area contributed by atoms with E-state index in [0.717, 1.165) is 22.2 Å². The van der Waals surface area contributed by atoms with Crippen LogP contribution in [0.25, 0.3) is 72.3 Å². The molecule has 0 saturated heterocycles. The lowest BCUT2D eigenvalue weighted by molar-refractivity contribution is 0.952. The molecule has 46 heavy (non-hydrogen) atoms. The molecule has 1 aliphatic heterocycles. The van der Waals surface area contributed by atoms with Crippen LogP contribution in [-0.4, -0.2) is 24.5 Å². The first-order chi connectivity index (χ1) is 22.8. The molecule has 0 saturated carbocycles. The quantitative estimate of drug-likeness (QED) is 0.212. The first-order valence-electron chi connectivity index (χ1n) is 15.1. The summed E-state index contributed by atoms with van der Waals surface area (Å²) >= 11 is 3.73. The highest BCUT2D eigenvalue weighted by Crippen LogP contribution is 2.55. The zero-order chi connectivity index (χ0) is 30.2. The van der Waals surface area contributed by atoms with Gasteiger partial charge >= 0.3 is 0 Å². The molecule has 10 rings (SSSR count). The van der Waals surface area contributed by atoms with E-state index in [-0.39, 0.29) is 0 Å². The van der Waals surface area contributed by atoms with Gasteiger partial charge in [0, 0.05) is 63.3 Å². The Labute approximate surface area is 272 Å². The smallest absolute Gasteiger partial charge is 0.238 e. The van der Waals surface area contributed by atoms with Crippen LogP contribution in [0.15, 0.2) is 153 Å². The summed E-state index contributed by atoms with van der Waals surface area (Å²) in [6, 6.07) is 46.4. The Balaban J connectivity index is 1.22. The fourth-order valence-electron chi connectivity index (χ4n) is 6.60. The predicted molar refractivity (Wildman–Crippen MR) is 189 cm³/mol. The van der Waals surface area contributed by atoms with Crippen molar-refractivity contribution in [3.63, 3.8) is 0 Å². The van der Waals surface area contributed by atoms with Gasteiger partial charge in [-0.05, 0) is 36.4 Å². The summed E-state index contributed by atoms with van der Waals surface area (Å²) < 4.78 is 2.20. The summed E-state index contributed by atoms with van der Waals surface area (Å²) in [5, 5.41) is 4.97. The summed E-state index contributed by atoms with van der Waals surface area (Å²) in [6.07, 6.45) is 0. The molecular formula is C39H23N5S2. The molecule has 0 bridgehead atoms. The Kier molecular flexibility index (Phi) is 5.67. The van der Waals surface area contributed by atoms with Crippen LogP contribution in [0.2, 0.25) is 0 Å². The van der Waals surface area contributed by atoms with E-state index in [9.17, 15) is 0 Å². The molecule has 9 aromatic rings. The van der Waals surface area contributed by atoms with E-state index in [1.807, 2.05) is 84.2 Å². The van der Waals surface area contributed by atoms with Gasteiger partial charge in [0.15, 0.2) is 11.6 Å². The predicted octanol–water partition coefficient (Wildman–Crippen LogP) is 10.6. The zero-order valence-electron chi connectivity index (χ0n) is 24.3. The molecule has 0 aliphatic carbocycles. The van der Waals surface area contributed by atoms with Gasteiger partial charge in [0.05, 0.1) is 11.0 Å². The van der Waals surface area contributed by atoms with E-state index >= 15 is 0 Å². The average molecular weight is 626 g/mol. The maximum Gasteiger partial charge on any atom is 0.238 e. The Morgan fingerprint density at radius 3 is 1.76 bits per heavy atom. The Morgan fingerprint density at radius 1 is 0.457 bits per heavy atom. The maximum absolute atomic E-state index is 5.10. The number of H-pyrrole nitrogens is 1. The third-order valence-electron chi connectivity index (χ3n) is 8.65. The molecule has 0 unspecified atom stereocenters. The number of hydrogen-bond acceptors (Lipinski definition) is 5. The lowest BCUT2D eigenvalue weighted by atomic mass is 10.1. The minimum absolute atomic E-state index is 0.605. The van der Waals surface area contributed by atoms with Crippen molar-refractivity contribution in [1.82, 2.24) is 24.5 Å². The van der Waals surface area contributed by atoms with Crippen LogP contribution in [0, 0.1) is 0 Å². The summed E-state index contributed by atoms with van der Waals surface area (Å²) in [7, 11) is 0. The molecule has 0 spiro atoms. The summed E-state index contributed by atoms with van der Waals surface area (Å²) in [6.45, 7) is 0. The lowest BCUT2D eigenvalue weighted by Crippen LogP contribution is -2.06. The van der Waals surface area contributed by atoms with Crippen molar-refractivity contribution < 1.29 is 0 Å². The van der Waals surface area contributed by atoms with Crippen LogP contribution in [0.4, 0.5) is 0 Å². The minimum atomic E-state index is 0.605. The molecule has 0 amide bonds. The third kappa shape index (κ3) is 3.89. The van der Waals surface area contributed by atoms with Gasteiger partial charge < -0.3 is 4.98 Å². The van der Waals surface area contributed by atoms with Crippen molar-refractivity contribution in [2.24, 2.45) is 0 Å². The minimum Gasteiger partial charge on any atom is -0.354 e. The highest BCUT2D eigenvalue weighted by Gasteiger charge is 2.26. The standard InChI is InChI=1S/C39H23N5S2/c1-3-11-23(12-4-1)37-41-38(24-13-5-2-6-14-24)43-39(42-37)44-29-18-10-8-16-26(29)34-30(44)20-22-32-36(34)46-31-21-19-28-33(35(31)45-32)25-15-7-9-17-27(25)40-28/h1-22,40H. The van der Waals surface area contributed by atoms with Gasteiger partial charge in [0.1, 0.15) is 0 Å². The summed E-state index contributed by atoms with van der Waals surface area (Å²) in [5.41, 5.74) is 6.39. The summed E-state index contributed by atoms with van der Waals surface area (Å²) in [4.78, 5) is 23.9. The van der Waals surface area contributed by atoms with E-state index < -0.39 is 0 Å². The highest BCUT2D eigenvalue weighted by molar-refractivity contribution is 8.05. The number of aromatic nitrogens is 5. The zero-order valence-corrected chi connectivity index (χ0v) is 25.9. The molecule has 4 heterocycles. The van der Waals surface area contributed by atoms with Gasteiger partial charge in [0.25, 0.3) is 0 Å². The van der Waals surface area contributed by atoms with Crippen LogP contribution in [0.5, 0.6) is 0 Å². The first kappa shape index (κ1) is 25.9. The Bertz CT molecular complexity index is 2580. The van der Waals surface area contributed by atoms with Crippen LogP contribution in [0.1, 0.15) is 0 Å². The van der Waals surface area contributed by atoms with Gasteiger partial charge in [-0.15, -0.1) is 0 Å². The summed E-state index contributed by atoms with van der Waals surface area (Å²) in [5.74, 6) is 1.90. The number of hydrogen-bond donors (Lipinski definition) is 1. The number of para-hydroxylation sites is 2.